The van der Waals surface area contributed by atoms with Gasteiger partial charge in [0.1, 0.15) is 12.0 Å². The lowest BCUT2D eigenvalue weighted by Crippen LogP contribution is -2.30. The molecule has 0 aliphatic carbocycles. The first-order valence-electron chi connectivity index (χ1n) is 7.47. The number of hydrazine groups is 1. The largest absolute Gasteiger partial charge is 0.393 e. The maximum absolute atomic E-state index is 12.1. The molecule has 0 atom stereocenters. The van der Waals surface area contributed by atoms with Crippen LogP contribution in [0.5, 0.6) is 0 Å². The highest BCUT2D eigenvalue weighted by Gasteiger charge is 2.12. The Bertz CT molecular complexity index is 875. The van der Waals surface area contributed by atoms with Gasteiger partial charge in [-0.3, -0.25) is 15.6 Å². The molecule has 0 spiro atoms. The number of aromatic nitrogens is 3. The Hall–Kier alpha value is -3.20. The van der Waals surface area contributed by atoms with Gasteiger partial charge in [0.2, 0.25) is 0 Å². The minimum absolute atomic E-state index is 0.279. The van der Waals surface area contributed by atoms with E-state index in [1.807, 2.05) is 19.9 Å². The van der Waals surface area contributed by atoms with Crippen LogP contribution < -0.4 is 21.9 Å². The molecule has 25 heavy (non-hydrogen) atoms. The number of anilines is 4. The minimum Gasteiger partial charge on any atom is -0.393 e. The topological polar surface area (TPSA) is 118 Å². The Morgan fingerprint density at radius 3 is 2.52 bits per heavy atom. The lowest BCUT2D eigenvalue weighted by atomic mass is 10.2. The second-order valence-electron chi connectivity index (χ2n) is 5.22. The fourth-order valence-electron chi connectivity index (χ4n) is 2.00. The van der Waals surface area contributed by atoms with Crippen LogP contribution in [0.2, 0.25) is 0 Å². The predicted molar refractivity (Wildman–Crippen MR) is 98.8 cm³/mol. The standard InChI is InChI=1S/C16H17N7OS/c1-9-10(2)25-16(20-9)21-13-12(17)14(19-8-18-13)22-23-15(24)11-6-4-3-5-7-11/h3-8H,17H2,1-2H3,(H,23,24)(H2,18,19,20,21,22). The van der Waals surface area contributed by atoms with Crippen molar-refractivity contribution in [3.05, 3.63) is 52.8 Å². The molecule has 0 aliphatic heterocycles. The normalized spacial score (nSPS) is 10.3. The summed E-state index contributed by atoms with van der Waals surface area (Å²) in [6, 6.07) is 8.83. The Kier molecular flexibility index (Phi) is 4.75. The summed E-state index contributed by atoms with van der Waals surface area (Å²) in [6.07, 6.45) is 1.35. The molecule has 0 unspecified atom stereocenters. The van der Waals surface area contributed by atoms with E-state index in [9.17, 15) is 4.79 Å². The molecule has 0 saturated heterocycles. The maximum atomic E-state index is 12.1. The monoisotopic (exact) mass is 355 g/mol. The van der Waals surface area contributed by atoms with Gasteiger partial charge in [-0.1, -0.05) is 18.2 Å². The Morgan fingerprint density at radius 1 is 1.12 bits per heavy atom. The molecule has 0 saturated carbocycles. The Labute approximate surface area is 148 Å². The number of hydrogen-bond acceptors (Lipinski definition) is 8. The minimum atomic E-state index is -0.292. The fraction of sp³-hybridized carbons (Fsp3) is 0.125. The molecule has 0 bridgehead atoms. The zero-order valence-corrected chi connectivity index (χ0v) is 14.5. The number of nitrogens with two attached hydrogens (primary N) is 1. The van der Waals surface area contributed by atoms with Crippen molar-refractivity contribution in [2.45, 2.75) is 13.8 Å². The molecule has 5 N–H and O–H groups in total. The number of nitrogen functional groups attached to an aromatic ring is 1. The summed E-state index contributed by atoms with van der Waals surface area (Å²) in [4.78, 5) is 25.7. The van der Waals surface area contributed by atoms with Gasteiger partial charge in [-0.15, -0.1) is 11.3 Å². The van der Waals surface area contributed by atoms with Crippen LogP contribution in [0.25, 0.3) is 0 Å². The number of rotatable bonds is 5. The van der Waals surface area contributed by atoms with Crippen LogP contribution in [0.15, 0.2) is 36.7 Å². The molecule has 0 aliphatic rings. The van der Waals surface area contributed by atoms with Crippen LogP contribution in [0.4, 0.5) is 22.5 Å². The van der Waals surface area contributed by atoms with Crippen LogP contribution in [-0.4, -0.2) is 20.9 Å². The van der Waals surface area contributed by atoms with Crippen LogP contribution in [-0.2, 0) is 0 Å². The third-order valence-electron chi connectivity index (χ3n) is 3.47. The van der Waals surface area contributed by atoms with Crippen molar-refractivity contribution in [3.8, 4) is 0 Å². The number of thiazole rings is 1. The van der Waals surface area contributed by atoms with Gasteiger partial charge < -0.3 is 11.1 Å². The summed E-state index contributed by atoms with van der Waals surface area (Å²) in [5, 5.41) is 3.77. The van der Waals surface area contributed by atoms with E-state index in [4.69, 9.17) is 5.73 Å². The number of carbonyl (C=O) groups excluding carboxylic acids is 1. The van der Waals surface area contributed by atoms with Gasteiger partial charge in [-0.25, -0.2) is 15.0 Å². The first-order chi connectivity index (χ1) is 12.0. The maximum Gasteiger partial charge on any atom is 0.269 e. The lowest BCUT2D eigenvalue weighted by molar-refractivity contribution is 0.0962. The molecule has 0 radical (unpaired) electrons. The van der Waals surface area contributed by atoms with Crippen molar-refractivity contribution in [2.24, 2.45) is 0 Å². The van der Waals surface area contributed by atoms with E-state index in [0.717, 1.165) is 10.6 Å². The average Bonchev–Trinajstić information content (AvgIpc) is 2.93. The number of carbonyl (C=O) groups is 1. The van der Waals surface area contributed by atoms with Crippen LogP contribution >= 0.6 is 11.3 Å². The molecule has 3 rings (SSSR count). The molecule has 128 valence electrons. The molecular weight excluding hydrogens is 338 g/mol. The van der Waals surface area contributed by atoms with E-state index in [1.54, 1.807) is 24.3 Å². The van der Waals surface area contributed by atoms with Crippen molar-refractivity contribution < 1.29 is 4.79 Å². The van der Waals surface area contributed by atoms with Gasteiger partial charge in [0.05, 0.1) is 5.69 Å². The first kappa shape index (κ1) is 16.7. The smallest absolute Gasteiger partial charge is 0.269 e. The van der Waals surface area contributed by atoms with E-state index in [-0.39, 0.29) is 11.6 Å². The third kappa shape index (κ3) is 3.83. The summed E-state index contributed by atoms with van der Waals surface area (Å²) in [5.74, 6) is 0.422. The third-order valence-corrected chi connectivity index (χ3v) is 4.46. The molecule has 9 heteroatoms. The summed E-state index contributed by atoms with van der Waals surface area (Å²) in [7, 11) is 0. The number of amides is 1. The molecule has 1 amide bonds. The number of hydrogen-bond donors (Lipinski definition) is 4. The number of benzene rings is 1. The molecule has 1 aromatic carbocycles. The van der Waals surface area contributed by atoms with E-state index in [2.05, 4.69) is 31.1 Å². The molecule has 0 fully saturated rings. The van der Waals surface area contributed by atoms with Crippen molar-refractivity contribution in [2.75, 3.05) is 16.5 Å². The average molecular weight is 355 g/mol. The van der Waals surface area contributed by atoms with Crippen molar-refractivity contribution in [1.29, 1.82) is 0 Å². The molecule has 3 aromatic rings. The van der Waals surface area contributed by atoms with Crippen LogP contribution in [0.3, 0.4) is 0 Å². The van der Waals surface area contributed by atoms with E-state index in [0.29, 0.717) is 22.3 Å². The molecule has 8 nitrogen and oxygen atoms in total. The van der Waals surface area contributed by atoms with E-state index >= 15 is 0 Å². The Morgan fingerprint density at radius 2 is 1.84 bits per heavy atom. The summed E-state index contributed by atoms with van der Waals surface area (Å²) in [5.41, 5.74) is 13.1. The number of nitrogens with zero attached hydrogens (tertiary/aromatic N) is 3. The molecule has 2 heterocycles. The van der Waals surface area contributed by atoms with Gasteiger partial charge in [0.15, 0.2) is 16.8 Å². The van der Waals surface area contributed by atoms with Gasteiger partial charge in [-0.05, 0) is 26.0 Å². The van der Waals surface area contributed by atoms with E-state index < -0.39 is 0 Å². The summed E-state index contributed by atoms with van der Waals surface area (Å²) >= 11 is 1.51. The molecular formula is C16H17N7OS. The van der Waals surface area contributed by atoms with Gasteiger partial charge >= 0.3 is 0 Å². The zero-order valence-electron chi connectivity index (χ0n) is 13.7. The number of nitrogens with one attached hydrogen (secondary N) is 3. The Balaban J connectivity index is 1.71. The summed E-state index contributed by atoms with van der Waals surface area (Å²) < 4.78 is 0. The van der Waals surface area contributed by atoms with Gasteiger partial charge in [0, 0.05) is 10.4 Å². The highest BCUT2D eigenvalue weighted by molar-refractivity contribution is 7.15. The number of aryl methyl sites for hydroxylation is 2. The van der Waals surface area contributed by atoms with Crippen LogP contribution in [0, 0.1) is 13.8 Å². The SMILES string of the molecule is Cc1nc(Nc2ncnc(NNC(=O)c3ccccc3)c2N)sc1C. The van der Waals surface area contributed by atoms with Crippen LogP contribution in [0.1, 0.15) is 20.9 Å². The lowest BCUT2D eigenvalue weighted by Gasteiger charge is -2.12. The highest BCUT2D eigenvalue weighted by Crippen LogP contribution is 2.28. The van der Waals surface area contributed by atoms with Crippen molar-refractivity contribution in [1.82, 2.24) is 20.4 Å². The quantitative estimate of drug-likeness (QED) is 0.520. The predicted octanol–water partition coefficient (Wildman–Crippen LogP) is 2.63. The van der Waals surface area contributed by atoms with Gasteiger partial charge in [0.25, 0.3) is 5.91 Å². The highest BCUT2D eigenvalue weighted by atomic mass is 32.1. The van der Waals surface area contributed by atoms with Crippen molar-refractivity contribution in [3.63, 3.8) is 0 Å². The first-order valence-corrected chi connectivity index (χ1v) is 8.29. The zero-order chi connectivity index (χ0) is 17.8. The second-order valence-corrected chi connectivity index (χ2v) is 6.42. The fourth-order valence-corrected chi connectivity index (χ4v) is 2.81. The molecule has 2 aromatic heterocycles. The summed E-state index contributed by atoms with van der Waals surface area (Å²) in [6.45, 7) is 3.93. The van der Waals surface area contributed by atoms with Crippen molar-refractivity contribution >= 4 is 39.7 Å². The second kappa shape index (κ2) is 7.14. The van der Waals surface area contributed by atoms with Gasteiger partial charge in [-0.2, -0.15) is 0 Å². The van der Waals surface area contributed by atoms with E-state index in [1.165, 1.54) is 17.7 Å².